The molecular formula is C17H11Cl3N2O2S. The molecule has 0 aromatic heterocycles. The van der Waals surface area contributed by atoms with Gasteiger partial charge in [-0.15, -0.1) is 0 Å². The molecule has 0 unspecified atom stereocenters. The quantitative estimate of drug-likeness (QED) is 0.648. The van der Waals surface area contributed by atoms with E-state index in [9.17, 15) is 9.59 Å². The number of nitrogens with one attached hydrogen (secondary N) is 1. The highest BCUT2D eigenvalue weighted by atomic mass is 35.5. The lowest BCUT2D eigenvalue weighted by Gasteiger charge is -2.14. The fraction of sp³-hybridized carbons (Fsp3) is 0.0588. The first-order chi connectivity index (χ1) is 12.0. The van der Waals surface area contributed by atoms with Crippen LogP contribution < -0.4 is 5.32 Å². The molecule has 128 valence electrons. The molecule has 8 heteroatoms. The van der Waals surface area contributed by atoms with Crippen LogP contribution in [0.1, 0.15) is 5.56 Å². The Labute approximate surface area is 163 Å². The summed E-state index contributed by atoms with van der Waals surface area (Å²) in [5.41, 5.74) is 1.34. The number of halogens is 3. The van der Waals surface area contributed by atoms with Crippen LogP contribution in [0, 0.1) is 0 Å². The molecule has 2 aromatic carbocycles. The molecule has 0 bridgehead atoms. The van der Waals surface area contributed by atoms with Gasteiger partial charge in [-0.05, 0) is 47.7 Å². The molecule has 1 aliphatic heterocycles. The fourth-order valence-electron chi connectivity index (χ4n) is 2.15. The summed E-state index contributed by atoms with van der Waals surface area (Å²) in [6.07, 6.45) is 1.62. The summed E-state index contributed by atoms with van der Waals surface area (Å²) in [7, 11) is 0. The monoisotopic (exact) mass is 412 g/mol. The predicted molar refractivity (Wildman–Crippen MR) is 104 cm³/mol. The number of nitrogens with zero attached hydrogens (tertiary/aromatic N) is 1. The lowest BCUT2D eigenvalue weighted by molar-refractivity contribution is -0.122. The summed E-state index contributed by atoms with van der Waals surface area (Å²) < 4.78 is 0. The summed E-state index contributed by atoms with van der Waals surface area (Å²) in [6, 6.07) is 12.1. The molecule has 25 heavy (non-hydrogen) atoms. The van der Waals surface area contributed by atoms with E-state index >= 15 is 0 Å². The Morgan fingerprint density at radius 2 is 1.76 bits per heavy atom. The average molecular weight is 414 g/mol. The lowest BCUT2D eigenvalue weighted by atomic mass is 10.2. The number of anilines is 1. The van der Waals surface area contributed by atoms with Gasteiger partial charge in [0.25, 0.3) is 11.1 Å². The molecule has 2 amide bonds. The third-order valence-electron chi connectivity index (χ3n) is 3.43. The molecule has 1 fully saturated rings. The molecule has 1 N–H and O–H groups in total. The maximum atomic E-state index is 12.5. The maximum Gasteiger partial charge on any atom is 0.295 e. The second-order valence-corrected chi connectivity index (χ2v) is 7.31. The standard InChI is InChI=1S/C17H11Cl3N2O2S/c18-12-4-2-1-3-10(12)7-15-16(23)22(17(24)25-15)9-21-11-5-6-13(19)14(20)8-11/h1-8,21H,9H2/b15-7-. The molecule has 1 heterocycles. The van der Waals surface area contributed by atoms with Gasteiger partial charge in [0.2, 0.25) is 0 Å². The van der Waals surface area contributed by atoms with Crippen LogP contribution in [0.25, 0.3) is 6.08 Å². The minimum atomic E-state index is -0.373. The van der Waals surface area contributed by atoms with Crippen molar-refractivity contribution < 1.29 is 9.59 Å². The minimum Gasteiger partial charge on any atom is -0.367 e. The number of amides is 2. The average Bonchev–Trinajstić information content (AvgIpc) is 2.85. The third-order valence-corrected chi connectivity index (χ3v) is 5.42. The highest BCUT2D eigenvalue weighted by Crippen LogP contribution is 2.33. The summed E-state index contributed by atoms with van der Waals surface area (Å²) in [5.74, 6) is -0.373. The van der Waals surface area contributed by atoms with Crippen molar-refractivity contribution in [3.8, 4) is 0 Å². The number of carbonyl (C=O) groups is 2. The van der Waals surface area contributed by atoms with E-state index in [-0.39, 0.29) is 17.8 Å². The molecule has 0 spiro atoms. The van der Waals surface area contributed by atoms with Gasteiger partial charge in [-0.3, -0.25) is 14.5 Å². The van der Waals surface area contributed by atoms with Gasteiger partial charge in [0.1, 0.15) is 0 Å². The second-order valence-electron chi connectivity index (χ2n) is 5.10. The highest BCUT2D eigenvalue weighted by molar-refractivity contribution is 8.18. The van der Waals surface area contributed by atoms with E-state index in [1.807, 2.05) is 6.07 Å². The van der Waals surface area contributed by atoms with Crippen molar-refractivity contribution in [3.05, 3.63) is 68.0 Å². The van der Waals surface area contributed by atoms with Gasteiger partial charge in [-0.1, -0.05) is 53.0 Å². The van der Waals surface area contributed by atoms with E-state index in [1.54, 1.807) is 42.5 Å². The van der Waals surface area contributed by atoms with Gasteiger partial charge in [0, 0.05) is 10.7 Å². The highest BCUT2D eigenvalue weighted by Gasteiger charge is 2.34. The topological polar surface area (TPSA) is 49.4 Å². The van der Waals surface area contributed by atoms with Crippen molar-refractivity contribution in [2.24, 2.45) is 0 Å². The Morgan fingerprint density at radius 3 is 2.48 bits per heavy atom. The zero-order chi connectivity index (χ0) is 18.0. The van der Waals surface area contributed by atoms with Crippen LogP contribution in [0.5, 0.6) is 0 Å². The number of carbonyl (C=O) groups excluding carboxylic acids is 2. The van der Waals surface area contributed by atoms with Crippen LogP contribution in [0.15, 0.2) is 47.4 Å². The molecule has 3 rings (SSSR count). The molecule has 0 saturated carbocycles. The maximum absolute atomic E-state index is 12.5. The van der Waals surface area contributed by atoms with Gasteiger partial charge in [0.15, 0.2) is 0 Å². The lowest BCUT2D eigenvalue weighted by Crippen LogP contribution is -2.33. The predicted octanol–water partition coefficient (Wildman–Crippen LogP) is 5.75. The van der Waals surface area contributed by atoms with Crippen molar-refractivity contribution in [1.29, 1.82) is 0 Å². The van der Waals surface area contributed by atoms with Gasteiger partial charge < -0.3 is 5.32 Å². The number of hydrogen-bond acceptors (Lipinski definition) is 4. The van der Waals surface area contributed by atoms with Crippen molar-refractivity contribution in [2.45, 2.75) is 0 Å². The molecule has 1 saturated heterocycles. The zero-order valence-electron chi connectivity index (χ0n) is 12.6. The Morgan fingerprint density at radius 1 is 1.00 bits per heavy atom. The van der Waals surface area contributed by atoms with Crippen LogP contribution in [0.3, 0.4) is 0 Å². The van der Waals surface area contributed by atoms with E-state index in [0.717, 1.165) is 16.7 Å². The molecular weight excluding hydrogens is 403 g/mol. The number of benzene rings is 2. The molecule has 0 radical (unpaired) electrons. The molecule has 2 aromatic rings. The van der Waals surface area contributed by atoms with Crippen molar-refractivity contribution in [3.63, 3.8) is 0 Å². The normalized spacial score (nSPS) is 16.0. The Hall–Kier alpha value is -1.66. The number of rotatable bonds is 4. The van der Waals surface area contributed by atoms with Gasteiger partial charge in [-0.25, -0.2) is 0 Å². The largest absolute Gasteiger partial charge is 0.367 e. The number of hydrogen-bond donors (Lipinski definition) is 1. The SMILES string of the molecule is O=C1S/C(=C\c2ccccc2Cl)C(=O)N1CNc1ccc(Cl)c(Cl)c1. The van der Waals surface area contributed by atoms with Crippen LogP contribution >= 0.6 is 46.6 Å². The van der Waals surface area contributed by atoms with Crippen LogP contribution in [-0.2, 0) is 4.79 Å². The van der Waals surface area contributed by atoms with Crippen molar-refractivity contribution in [1.82, 2.24) is 4.90 Å². The summed E-state index contributed by atoms with van der Waals surface area (Å²) in [4.78, 5) is 26.0. The number of thioether (sulfide) groups is 1. The summed E-state index contributed by atoms with van der Waals surface area (Å²) in [5, 5.41) is 3.97. The van der Waals surface area contributed by atoms with Crippen molar-refractivity contribution in [2.75, 3.05) is 12.0 Å². The first-order valence-electron chi connectivity index (χ1n) is 7.14. The molecule has 0 aliphatic carbocycles. The Bertz CT molecular complexity index is 886. The smallest absolute Gasteiger partial charge is 0.295 e. The van der Waals surface area contributed by atoms with E-state index < -0.39 is 0 Å². The third kappa shape index (κ3) is 4.12. The van der Waals surface area contributed by atoms with Gasteiger partial charge in [0.05, 0.1) is 21.6 Å². The minimum absolute atomic E-state index is 0.0302. The van der Waals surface area contributed by atoms with Crippen LogP contribution in [0.2, 0.25) is 15.1 Å². The van der Waals surface area contributed by atoms with Gasteiger partial charge in [-0.2, -0.15) is 0 Å². The van der Waals surface area contributed by atoms with E-state index in [0.29, 0.717) is 31.2 Å². The second kappa shape index (κ2) is 7.70. The van der Waals surface area contributed by atoms with E-state index in [2.05, 4.69) is 5.32 Å². The van der Waals surface area contributed by atoms with Gasteiger partial charge >= 0.3 is 0 Å². The van der Waals surface area contributed by atoms with E-state index in [4.69, 9.17) is 34.8 Å². The first-order valence-corrected chi connectivity index (χ1v) is 9.09. The number of imide groups is 1. The Kier molecular flexibility index (Phi) is 5.59. The first kappa shape index (κ1) is 18.1. The summed E-state index contributed by atoms with van der Waals surface area (Å²) >= 11 is 18.8. The van der Waals surface area contributed by atoms with Crippen LogP contribution in [0.4, 0.5) is 10.5 Å². The summed E-state index contributed by atoms with van der Waals surface area (Å²) in [6.45, 7) is 0.0302. The Balaban J connectivity index is 1.73. The zero-order valence-corrected chi connectivity index (χ0v) is 15.7. The van der Waals surface area contributed by atoms with Crippen LogP contribution in [-0.4, -0.2) is 22.7 Å². The van der Waals surface area contributed by atoms with E-state index in [1.165, 1.54) is 0 Å². The molecule has 1 aliphatic rings. The molecule has 0 atom stereocenters. The molecule has 4 nitrogen and oxygen atoms in total. The van der Waals surface area contributed by atoms with Crippen molar-refractivity contribution >= 4 is 69.5 Å². The fourth-order valence-corrected chi connectivity index (χ4v) is 3.46.